The van der Waals surface area contributed by atoms with Gasteiger partial charge in [0, 0.05) is 13.2 Å². The molecule has 1 aliphatic rings. The summed E-state index contributed by atoms with van der Waals surface area (Å²) >= 11 is 0. The standard InChI is InChI=1S/C21H25N3O3/c1-3-27-18-10-5-4-8-16(18)23-19(25)14-20(26)24(2)21(15-11-12-15)17-9-6-7-13-22-17/h4-10,13,15,21H,3,11-12,14H2,1-2H3,(H,23,25)/t21-/m0/s1. The van der Waals surface area contributed by atoms with Crippen molar-refractivity contribution < 1.29 is 14.3 Å². The van der Waals surface area contributed by atoms with E-state index in [1.165, 1.54) is 0 Å². The monoisotopic (exact) mass is 367 g/mol. The van der Waals surface area contributed by atoms with Crippen molar-refractivity contribution in [1.82, 2.24) is 9.88 Å². The van der Waals surface area contributed by atoms with Crippen molar-refractivity contribution in [2.75, 3.05) is 19.0 Å². The molecule has 1 aromatic carbocycles. The van der Waals surface area contributed by atoms with Gasteiger partial charge in [-0.1, -0.05) is 18.2 Å². The quantitative estimate of drug-likeness (QED) is 0.726. The minimum Gasteiger partial charge on any atom is -0.492 e. The van der Waals surface area contributed by atoms with Crippen molar-refractivity contribution in [1.29, 1.82) is 0 Å². The van der Waals surface area contributed by atoms with E-state index in [1.54, 1.807) is 30.3 Å². The zero-order valence-corrected chi connectivity index (χ0v) is 15.7. The van der Waals surface area contributed by atoms with E-state index in [4.69, 9.17) is 4.74 Å². The smallest absolute Gasteiger partial charge is 0.233 e. The Morgan fingerprint density at radius 2 is 1.96 bits per heavy atom. The van der Waals surface area contributed by atoms with E-state index in [0.717, 1.165) is 18.5 Å². The van der Waals surface area contributed by atoms with Crippen LogP contribution in [0, 0.1) is 5.92 Å². The van der Waals surface area contributed by atoms with Crippen molar-refractivity contribution in [3.63, 3.8) is 0 Å². The molecule has 1 saturated carbocycles. The molecule has 1 aromatic heterocycles. The fourth-order valence-electron chi connectivity index (χ4n) is 3.18. The minimum atomic E-state index is -0.352. The number of pyridine rings is 1. The summed E-state index contributed by atoms with van der Waals surface area (Å²) in [6.45, 7) is 2.38. The number of hydrogen-bond donors (Lipinski definition) is 1. The van der Waals surface area contributed by atoms with Gasteiger partial charge in [0.05, 0.1) is 24.0 Å². The molecular weight excluding hydrogens is 342 g/mol. The third-order valence-corrected chi connectivity index (χ3v) is 4.64. The minimum absolute atomic E-state index is 0.0813. The molecule has 0 bridgehead atoms. The lowest BCUT2D eigenvalue weighted by Crippen LogP contribution is -2.35. The largest absolute Gasteiger partial charge is 0.492 e. The second-order valence-corrected chi connectivity index (χ2v) is 6.70. The number of nitrogens with zero attached hydrogens (tertiary/aromatic N) is 2. The highest BCUT2D eigenvalue weighted by Gasteiger charge is 2.37. The number of anilines is 1. The van der Waals surface area contributed by atoms with E-state index in [2.05, 4.69) is 10.3 Å². The lowest BCUT2D eigenvalue weighted by molar-refractivity contribution is -0.135. The number of nitrogens with one attached hydrogen (secondary N) is 1. The van der Waals surface area contributed by atoms with E-state index in [0.29, 0.717) is 24.0 Å². The molecule has 142 valence electrons. The lowest BCUT2D eigenvalue weighted by atomic mass is 10.1. The summed E-state index contributed by atoms with van der Waals surface area (Å²) in [4.78, 5) is 31.2. The van der Waals surface area contributed by atoms with Crippen LogP contribution in [-0.4, -0.2) is 35.4 Å². The van der Waals surface area contributed by atoms with Gasteiger partial charge in [0.2, 0.25) is 11.8 Å². The van der Waals surface area contributed by atoms with Gasteiger partial charge in [-0.2, -0.15) is 0 Å². The van der Waals surface area contributed by atoms with Crippen molar-refractivity contribution >= 4 is 17.5 Å². The highest BCUT2D eigenvalue weighted by molar-refractivity contribution is 6.04. The van der Waals surface area contributed by atoms with E-state index in [1.807, 2.05) is 37.3 Å². The average molecular weight is 367 g/mol. The maximum Gasteiger partial charge on any atom is 0.233 e. The Bertz CT molecular complexity index is 790. The Labute approximate surface area is 159 Å². The van der Waals surface area contributed by atoms with Crippen LogP contribution in [0.1, 0.15) is 37.9 Å². The van der Waals surface area contributed by atoms with Crippen molar-refractivity contribution in [2.24, 2.45) is 5.92 Å². The molecule has 2 aromatic rings. The first-order valence-electron chi connectivity index (χ1n) is 9.28. The molecule has 1 heterocycles. The number of aromatic nitrogens is 1. The molecule has 1 aliphatic carbocycles. The summed E-state index contributed by atoms with van der Waals surface area (Å²) in [6.07, 6.45) is 3.67. The van der Waals surface area contributed by atoms with Crippen LogP contribution < -0.4 is 10.1 Å². The van der Waals surface area contributed by atoms with Gasteiger partial charge in [0.1, 0.15) is 12.2 Å². The Morgan fingerprint density at radius 1 is 1.22 bits per heavy atom. The SMILES string of the molecule is CCOc1ccccc1NC(=O)CC(=O)N(C)[C@H](c1ccccn1)C1CC1. The van der Waals surface area contributed by atoms with Gasteiger partial charge in [-0.25, -0.2) is 0 Å². The summed E-state index contributed by atoms with van der Waals surface area (Å²) in [7, 11) is 1.75. The summed E-state index contributed by atoms with van der Waals surface area (Å²) in [5.41, 5.74) is 1.45. The first kappa shape index (κ1) is 18.9. The number of ether oxygens (including phenoxy) is 1. The zero-order chi connectivity index (χ0) is 19.2. The maximum absolute atomic E-state index is 12.7. The molecule has 1 fully saturated rings. The van der Waals surface area contributed by atoms with Crippen molar-refractivity contribution in [2.45, 2.75) is 32.2 Å². The first-order chi connectivity index (χ1) is 13.1. The fraction of sp³-hybridized carbons (Fsp3) is 0.381. The molecule has 6 heteroatoms. The molecule has 1 N–H and O–H groups in total. The summed E-state index contributed by atoms with van der Waals surface area (Å²) in [6, 6.07) is 12.8. The molecule has 6 nitrogen and oxygen atoms in total. The Kier molecular flexibility index (Phi) is 6.06. The number of amides is 2. The second-order valence-electron chi connectivity index (χ2n) is 6.70. The predicted molar refractivity (Wildman–Crippen MR) is 103 cm³/mol. The molecule has 27 heavy (non-hydrogen) atoms. The van der Waals surface area contributed by atoms with Crippen LogP contribution in [0.4, 0.5) is 5.69 Å². The van der Waals surface area contributed by atoms with E-state index < -0.39 is 0 Å². The van der Waals surface area contributed by atoms with Crippen LogP contribution in [-0.2, 0) is 9.59 Å². The number of hydrogen-bond acceptors (Lipinski definition) is 4. The fourth-order valence-corrected chi connectivity index (χ4v) is 3.18. The van der Waals surface area contributed by atoms with Crippen LogP contribution >= 0.6 is 0 Å². The number of carbonyl (C=O) groups is 2. The molecule has 0 saturated heterocycles. The number of benzene rings is 1. The van der Waals surface area contributed by atoms with Crippen LogP contribution in [0.25, 0.3) is 0 Å². The Balaban J connectivity index is 1.64. The summed E-state index contributed by atoms with van der Waals surface area (Å²) < 4.78 is 5.51. The average Bonchev–Trinajstić information content (AvgIpc) is 3.49. The van der Waals surface area contributed by atoms with E-state index in [-0.39, 0.29) is 24.3 Å². The second kappa shape index (κ2) is 8.66. The van der Waals surface area contributed by atoms with Crippen LogP contribution in [0.5, 0.6) is 5.75 Å². The third kappa shape index (κ3) is 4.84. The molecule has 0 unspecified atom stereocenters. The van der Waals surface area contributed by atoms with Crippen LogP contribution in [0.2, 0.25) is 0 Å². The topological polar surface area (TPSA) is 71.5 Å². The third-order valence-electron chi connectivity index (χ3n) is 4.64. The van der Waals surface area contributed by atoms with E-state index >= 15 is 0 Å². The maximum atomic E-state index is 12.7. The Morgan fingerprint density at radius 3 is 2.63 bits per heavy atom. The number of rotatable bonds is 8. The molecule has 0 spiro atoms. The van der Waals surface area contributed by atoms with Crippen molar-refractivity contribution in [3.05, 3.63) is 54.4 Å². The van der Waals surface area contributed by atoms with Gasteiger partial charge in [-0.15, -0.1) is 0 Å². The number of para-hydroxylation sites is 2. The Hall–Kier alpha value is -2.89. The molecule has 0 aliphatic heterocycles. The molecule has 0 radical (unpaired) electrons. The normalized spacial score (nSPS) is 14.3. The molecule has 1 atom stereocenters. The van der Waals surface area contributed by atoms with Gasteiger partial charge in [0.15, 0.2) is 0 Å². The predicted octanol–water partition coefficient (Wildman–Crippen LogP) is 3.42. The van der Waals surface area contributed by atoms with Crippen molar-refractivity contribution in [3.8, 4) is 5.75 Å². The lowest BCUT2D eigenvalue weighted by Gasteiger charge is -2.28. The molecular formula is C21H25N3O3. The van der Waals surface area contributed by atoms with Gasteiger partial charge >= 0.3 is 0 Å². The van der Waals surface area contributed by atoms with Crippen LogP contribution in [0.15, 0.2) is 48.7 Å². The summed E-state index contributed by atoms with van der Waals surface area (Å²) in [5, 5.41) is 2.78. The number of carbonyl (C=O) groups excluding carboxylic acids is 2. The highest BCUT2D eigenvalue weighted by atomic mass is 16.5. The van der Waals surface area contributed by atoms with E-state index in [9.17, 15) is 9.59 Å². The molecule has 3 rings (SSSR count). The first-order valence-corrected chi connectivity index (χ1v) is 9.28. The van der Waals surface area contributed by atoms with Gasteiger partial charge in [-0.05, 0) is 49.9 Å². The van der Waals surface area contributed by atoms with Gasteiger partial charge in [-0.3, -0.25) is 14.6 Å². The zero-order valence-electron chi connectivity index (χ0n) is 15.7. The summed E-state index contributed by atoms with van der Waals surface area (Å²) in [5.74, 6) is 0.438. The highest BCUT2D eigenvalue weighted by Crippen LogP contribution is 2.43. The molecule has 2 amide bonds. The van der Waals surface area contributed by atoms with Crippen LogP contribution in [0.3, 0.4) is 0 Å². The van der Waals surface area contributed by atoms with Gasteiger partial charge in [0.25, 0.3) is 0 Å². The van der Waals surface area contributed by atoms with Gasteiger partial charge < -0.3 is 15.0 Å².